The van der Waals surface area contributed by atoms with Crippen LogP contribution >= 0.6 is 0 Å². The summed E-state index contributed by atoms with van der Waals surface area (Å²) in [5.74, 6) is -1.24. The first-order valence-electron chi connectivity index (χ1n) is 9.39. The lowest BCUT2D eigenvalue weighted by Crippen LogP contribution is -2.27. The van der Waals surface area contributed by atoms with E-state index in [0.29, 0.717) is 11.3 Å². The van der Waals surface area contributed by atoms with Gasteiger partial charge in [-0.1, -0.05) is 6.07 Å². The fraction of sp³-hybridized carbons (Fsp3) is 0.350. The van der Waals surface area contributed by atoms with Gasteiger partial charge in [-0.15, -0.1) is 13.2 Å². The monoisotopic (exact) mass is 458 g/mol. The van der Waals surface area contributed by atoms with Crippen molar-refractivity contribution in [3.63, 3.8) is 0 Å². The third-order valence-corrected chi connectivity index (χ3v) is 6.32. The van der Waals surface area contributed by atoms with Gasteiger partial charge in [-0.3, -0.25) is 9.52 Å². The van der Waals surface area contributed by atoms with E-state index >= 15 is 0 Å². The number of hydrogen-bond donors (Lipinski definition) is 3. The van der Waals surface area contributed by atoms with Crippen molar-refractivity contribution in [3.8, 4) is 5.75 Å². The van der Waals surface area contributed by atoms with Gasteiger partial charge in [0.05, 0.1) is 23.1 Å². The Kier molecular flexibility index (Phi) is 6.46. The molecule has 3 N–H and O–H groups in total. The Hall–Kier alpha value is -2.79. The van der Waals surface area contributed by atoms with Gasteiger partial charge in [-0.25, -0.2) is 8.42 Å². The molecular weight excluding hydrogens is 437 g/mol. The van der Waals surface area contributed by atoms with E-state index in [9.17, 15) is 31.5 Å². The lowest BCUT2D eigenvalue weighted by molar-refractivity contribution is -0.274. The van der Waals surface area contributed by atoms with E-state index in [1.807, 2.05) is 0 Å². The molecule has 0 unspecified atom stereocenters. The van der Waals surface area contributed by atoms with Crippen LogP contribution in [0.25, 0.3) is 0 Å². The number of aliphatic hydroxyl groups is 1. The second kappa shape index (κ2) is 8.75. The summed E-state index contributed by atoms with van der Waals surface area (Å²) in [6.45, 7) is 1.26. The van der Waals surface area contributed by atoms with E-state index in [1.165, 1.54) is 37.3 Å². The number of hydrogen-bond acceptors (Lipinski definition) is 5. The van der Waals surface area contributed by atoms with Crippen LogP contribution in [0.15, 0.2) is 47.4 Å². The lowest BCUT2D eigenvalue weighted by atomic mass is 10.0. The summed E-state index contributed by atoms with van der Waals surface area (Å²) in [7, 11) is -4.11. The molecule has 0 spiro atoms. The predicted octanol–water partition coefficient (Wildman–Crippen LogP) is 3.65. The molecule has 0 aliphatic heterocycles. The zero-order chi connectivity index (χ0) is 22.8. The van der Waals surface area contributed by atoms with E-state index in [0.717, 1.165) is 25.0 Å². The van der Waals surface area contributed by atoms with Crippen LogP contribution < -0.4 is 14.8 Å². The second-order valence-electron chi connectivity index (χ2n) is 7.28. The fourth-order valence-corrected chi connectivity index (χ4v) is 4.45. The molecule has 1 amide bonds. The van der Waals surface area contributed by atoms with E-state index in [-0.39, 0.29) is 29.0 Å². The second-order valence-corrected chi connectivity index (χ2v) is 8.93. The summed E-state index contributed by atoms with van der Waals surface area (Å²) in [6.07, 6.45) is -3.13. The minimum absolute atomic E-state index is 0.103. The highest BCUT2D eigenvalue weighted by Gasteiger charge is 2.35. The van der Waals surface area contributed by atoms with Crippen LogP contribution in [-0.4, -0.2) is 32.4 Å². The summed E-state index contributed by atoms with van der Waals surface area (Å²) in [5.41, 5.74) is 0.592. The molecular formula is C20H21F3N2O5S. The van der Waals surface area contributed by atoms with Crippen molar-refractivity contribution in [2.75, 3.05) is 16.6 Å². The van der Waals surface area contributed by atoms with E-state index < -0.39 is 28.1 Å². The first kappa shape index (κ1) is 22.9. The van der Waals surface area contributed by atoms with Gasteiger partial charge in [0.1, 0.15) is 5.75 Å². The number of nitrogens with one attached hydrogen (secondary N) is 2. The highest BCUT2D eigenvalue weighted by atomic mass is 32.2. The molecule has 0 bridgehead atoms. The number of aryl methyl sites for hydroxylation is 1. The molecule has 7 nitrogen and oxygen atoms in total. The molecule has 1 aliphatic carbocycles. The van der Waals surface area contributed by atoms with Gasteiger partial charge in [0.2, 0.25) is 5.91 Å². The van der Waals surface area contributed by atoms with Gasteiger partial charge >= 0.3 is 6.36 Å². The fourth-order valence-electron chi connectivity index (χ4n) is 3.18. The molecule has 0 heterocycles. The smallest absolute Gasteiger partial charge is 0.406 e. The Morgan fingerprint density at radius 3 is 2.48 bits per heavy atom. The van der Waals surface area contributed by atoms with Crippen molar-refractivity contribution >= 4 is 27.3 Å². The zero-order valence-corrected chi connectivity index (χ0v) is 17.3. The van der Waals surface area contributed by atoms with E-state index in [2.05, 4.69) is 14.8 Å². The maximum atomic E-state index is 12.7. The normalized spacial score (nSPS) is 15.3. The van der Waals surface area contributed by atoms with Crippen LogP contribution in [0, 0.1) is 18.8 Å². The number of anilines is 2. The number of alkyl halides is 3. The van der Waals surface area contributed by atoms with Crippen LogP contribution in [0.2, 0.25) is 0 Å². The molecule has 2 aromatic carbocycles. The number of sulfonamides is 1. The van der Waals surface area contributed by atoms with Crippen LogP contribution in [0.3, 0.4) is 0 Å². The molecule has 0 radical (unpaired) electrons. The number of halogens is 3. The number of carbonyl (C=O) groups is 1. The Morgan fingerprint density at radius 1 is 1.19 bits per heavy atom. The van der Waals surface area contributed by atoms with Gasteiger partial charge in [-0.05, 0) is 61.6 Å². The molecule has 168 valence electrons. The van der Waals surface area contributed by atoms with Gasteiger partial charge in [0.15, 0.2) is 0 Å². The molecule has 1 fully saturated rings. The van der Waals surface area contributed by atoms with Gasteiger partial charge in [0.25, 0.3) is 10.0 Å². The Morgan fingerprint density at radius 2 is 1.90 bits per heavy atom. The van der Waals surface area contributed by atoms with Crippen molar-refractivity contribution < 1.29 is 36.2 Å². The number of aliphatic hydroxyl groups excluding tert-OH is 1. The van der Waals surface area contributed by atoms with E-state index in [4.69, 9.17) is 0 Å². The van der Waals surface area contributed by atoms with Crippen LogP contribution in [0.1, 0.15) is 18.4 Å². The van der Waals surface area contributed by atoms with Crippen LogP contribution in [0.5, 0.6) is 5.75 Å². The Labute approximate surface area is 177 Å². The van der Waals surface area contributed by atoms with Crippen molar-refractivity contribution in [3.05, 3.63) is 48.0 Å². The topological polar surface area (TPSA) is 105 Å². The molecule has 0 aromatic heterocycles. The third-order valence-electron chi connectivity index (χ3n) is 4.78. The van der Waals surface area contributed by atoms with Crippen molar-refractivity contribution in [1.29, 1.82) is 0 Å². The summed E-state index contributed by atoms with van der Waals surface area (Å²) < 4.78 is 68.6. The maximum absolute atomic E-state index is 12.7. The molecule has 1 aliphatic rings. The Balaban J connectivity index is 1.74. The highest BCUT2D eigenvalue weighted by molar-refractivity contribution is 7.92. The van der Waals surface area contributed by atoms with Gasteiger partial charge in [0, 0.05) is 11.8 Å². The number of amides is 1. The maximum Gasteiger partial charge on any atom is 0.573 e. The number of benzene rings is 2. The molecule has 0 saturated heterocycles. The minimum atomic E-state index is -4.90. The zero-order valence-electron chi connectivity index (χ0n) is 16.4. The number of ether oxygens (including phenoxy) is 1. The summed E-state index contributed by atoms with van der Waals surface area (Å²) in [5, 5.41) is 12.1. The molecule has 1 atom stereocenters. The van der Waals surface area contributed by atoms with Crippen LogP contribution in [-0.2, 0) is 14.8 Å². The molecule has 3 rings (SSSR count). The minimum Gasteiger partial charge on any atom is -0.406 e. The highest BCUT2D eigenvalue weighted by Crippen LogP contribution is 2.37. The summed E-state index contributed by atoms with van der Waals surface area (Å²) in [6, 6.07) is 8.64. The first-order valence-corrected chi connectivity index (χ1v) is 10.9. The number of rotatable bonds is 8. The molecule has 31 heavy (non-hydrogen) atoms. The summed E-state index contributed by atoms with van der Waals surface area (Å²) >= 11 is 0. The predicted molar refractivity (Wildman–Crippen MR) is 107 cm³/mol. The van der Waals surface area contributed by atoms with Gasteiger partial charge < -0.3 is 15.2 Å². The number of carbonyl (C=O) groups excluding carboxylic acids is 1. The molecule has 11 heteroatoms. The van der Waals surface area contributed by atoms with Crippen molar-refractivity contribution in [2.24, 2.45) is 11.8 Å². The average molecular weight is 458 g/mol. The van der Waals surface area contributed by atoms with Crippen molar-refractivity contribution in [1.82, 2.24) is 0 Å². The SMILES string of the molecule is Cc1cc(NC(=O)[C@@H](CO)C2CC2)ccc1S(=O)(=O)Nc1cccc(OC(F)(F)F)c1. The lowest BCUT2D eigenvalue weighted by Gasteiger charge is -2.15. The van der Waals surface area contributed by atoms with Gasteiger partial charge in [-0.2, -0.15) is 0 Å². The summed E-state index contributed by atoms with van der Waals surface area (Å²) in [4.78, 5) is 12.2. The average Bonchev–Trinajstić information content (AvgIpc) is 3.45. The quantitative estimate of drug-likeness (QED) is 0.560. The Bertz CT molecular complexity index is 1070. The van der Waals surface area contributed by atoms with Crippen LogP contribution in [0.4, 0.5) is 24.5 Å². The van der Waals surface area contributed by atoms with E-state index in [1.54, 1.807) is 0 Å². The first-order chi connectivity index (χ1) is 14.5. The van der Waals surface area contributed by atoms with Crippen molar-refractivity contribution in [2.45, 2.75) is 31.0 Å². The molecule has 2 aromatic rings. The third kappa shape index (κ3) is 6.11. The molecule has 1 saturated carbocycles. The standard InChI is InChI=1S/C20H21F3N2O5S/c1-12-9-14(24-19(27)17(11-26)13-5-6-13)7-8-18(12)31(28,29)25-15-3-2-4-16(10-15)30-20(21,22)23/h2-4,7-10,13,17,25-26H,5-6,11H2,1H3,(H,24,27)/t17-/m0/s1. The largest absolute Gasteiger partial charge is 0.573 e.